The number of nitrogens with two attached hydrogens (primary N) is 1. The van der Waals surface area contributed by atoms with E-state index >= 15 is 0 Å². The lowest BCUT2D eigenvalue weighted by Gasteiger charge is -2.07. The zero-order chi connectivity index (χ0) is 14.2. The van der Waals surface area contributed by atoms with E-state index in [9.17, 15) is 8.42 Å². The minimum absolute atomic E-state index is 0.157. The van der Waals surface area contributed by atoms with Crippen LogP contribution in [-0.4, -0.2) is 18.0 Å². The SMILES string of the molecule is Cc1nc(S(N)(=O)=O)cn1Cc1ccc(Cl)cc1Cl. The van der Waals surface area contributed by atoms with E-state index in [1.165, 1.54) is 6.20 Å². The number of hydrogen-bond acceptors (Lipinski definition) is 3. The number of hydrogen-bond donors (Lipinski definition) is 1. The molecule has 2 aromatic rings. The zero-order valence-corrected chi connectivity index (χ0v) is 12.3. The highest BCUT2D eigenvalue weighted by Gasteiger charge is 2.14. The van der Waals surface area contributed by atoms with Crippen LogP contribution < -0.4 is 5.14 Å². The third-order valence-electron chi connectivity index (χ3n) is 2.60. The molecule has 5 nitrogen and oxygen atoms in total. The average Bonchev–Trinajstić information content (AvgIpc) is 2.64. The second-order valence-electron chi connectivity index (χ2n) is 4.03. The molecule has 0 unspecified atom stereocenters. The number of primary sulfonamides is 1. The van der Waals surface area contributed by atoms with Crippen molar-refractivity contribution in [1.29, 1.82) is 0 Å². The van der Waals surface area contributed by atoms with Crippen molar-refractivity contribution in [3.05, 3.63) is 45.8 Å². The number of rotatable bonds is 3. The monoisotopic (exact) mass is 319 g/mol. The van der Waals surface area contributed by atoms with Crippen molar-refractivity contribution in [1.82, 2.24) is 9.55 Å². The first-order chi connectivity index (χ1) is 8.77. The third-order valence-corrected chi connectivity index (χ3v) is 3.97. The molecule has 0 aliphatic heterocycles. The number of aromatic nitrogens is 2. The molecule has 0 aliphatic carbocycles. The maximum Gasteiger partial charge on any atom is 0.257 e. The highest BCUT2D eigenvalue weighted by atomic mass is 35.5. The number of sulfonamides is 1. The maximum absolute atomic E-state index is 11.2. The summed E-state index contributed by atoms with van der Waals surface area (Å²) in [4.78, 5) is 3.91. The van der Waals surface area contributed by atoms with Gasteiger partial charge in [0.25, 0.3) is 10.0 Å². The molecule has 1 aromatic carbocycles. The number of aryl methyl sites for hydroxylation is 1. The van der Waals surface area contributed by atoms with Crippen LogP contribution in [0.3, 0.4) is 0 Å². The van der Waals surface area contributed by atoms with Gasteiger partial charge in [0.15, 0.2) is 5.03 Å². The summed E-state index contributed by atoms with van der Waals surface area (Å²) in [6, 6.07) is 5.13. The first kappa shape index (κ1) is 14.3. The number of nitrogens with zero attached hydrogens (tertiary/aromatic N) is 2. The van der Waals surface area contributed by atoms with E-state index in [1.54, 1.807) is 29.7 Å². The van der Waals surface area contributed by atoms with Crippen molar-refractivity contribution < 1.29 is 8.42 Å². The van der Waals surface area contributed by atoms with Crippen LogP contribution in [0.2, 0.25) is 10.0 Å². The second-order valence-corrected chi connectivity index (χ2v) is 6.39. The fourth-order valence-corrected chi connectivity index (χ4v) is 2.61. The van der Waals surface area contributed by atoms with Crippen molar-refractivity contribution in [2.75, 3.05) is 0 Å². The van der Waals surface area contributed by atoms with Crippen molar-refractivity contribution in [3.63, 3.8) is 0 Å². The summed E-state index contributed by atoms with van der Waals surface area (Å²) in [5.74, 6) is 0.537. The van der Waals surface area contributed by atoms with Gasteiger partial charge in [0, 0.05) is 16.2 Å². The summed E-state index contributed by atoms with van der Waals surface area (Å²) in [6.45, 7) is 2.09. The molecule has 0 spiro atoms. The molecule has 8 heteroatoms. The summed E-state index contributed by atoms with van der Waals surface area (Å²) in [7, 11) is -3.80. The van der Waals surface area contributed by atoms with E-state index in [-0.39, 0.29) is 5.03 Å². The Morgan fingerprint density at radius 3 is 2.58 bits per heavy atom. The van der Waals surface area contributed by atoms with Gasteiger partial charge in [0.2, 0.25) is 0 Å². The molecule has 1 aromatic heterocycles. The Morgan fingerprint density at radius 2 is 2.05 bits per heavy atom. The lowest BCUT2D eigenvalue weighted by atomic mass is 10.2. The normalized spacial score (nSPS) is 11.8. The minimum Gasteiger partial charge on any atom is -0.329 e. The Labute approximate surface area is 121 Å². The van der Waals surface area contributed by atoms with Crippen LogP contribution in [0.5, 0.6) is 0 Å². The van der Waals surface area contributed by atoms with Crippen LogP contribution in [0.15, 0.2) is 29.4 Å². The highest BCUT2D eigenvalue weighted by Crippen LogP contribution is 2.22. The molecule has 102 valence electrons. The van der Waals surface area contributed by atoms with Crippen LogP contribution in [-0.2, 0) is 16.6 Å². The molecule has 1 heterocycles. The number of halogens is 2. The molecular weight excluding hydrogens is 309 g/mol. The highest BCUT2D eigenvalue weighted by molar-refractivity contribution is 7.89. The smallest absolute Gasteiger partial charge is 0.257 e. The van der Waals surface area contributed by atoms with E-state index in [0.717, 1.165) is 5.56 Å². The summed E-state index contributed by atoms with van der Waals surface area (Å²) >= 11 is 11.9. The zero-order valence-electron chi connectivity index (χ0n) is 9.97. The van der Waals surface area contributed by atoms with Gasteiger partial charge in [0.1, 0.15) is 5.82 Å². The van der Waals surface area contributed by atoms with Gasteiger partial charge in [-0.25, -0.2) is 18.5 Å². The molecule has 0 radical (unpaired) electrons. The molecule has 0 aliphatic rings. The maximum atomic E-state index is 11.2. The van der Waals surface area contributed by atoms with Crippen molar-refractivity contribution >= 4 is 33.2 Å². The molecule has 0 atom stereocenters. The van der Waals surface area contributed by atoms with Gasteiger partial charge >= 0.3 is 0 Å². The predicted octanol–water partition coefficient (Wildman–Crippen LogP) is 2.19. The van der Waals surface area contributed by atoms with Gasteiger partial charge < -0.3 is 4.57 Å². The molecule has 19 heavy (non-hydrogen) atoms. The Bertz CT molecular complexity index is 726. The predicted molar refractivity (Wildman–Crippen MR) is 73.9 cm³/mol. The molecule has 0 amide bonds. The molecule has 0 saturated heterocycles. The van der Waals surface area contributed by atoms with E-state index in [1.807, 2.05) is 0 Å². The third kappa shape index (κ3) is 3.27. The quantitative estimate of drug-likeness (QED) is 0.941. The lowest BCUT2D eigenvalue weighted by Crippen LogP contribution is -2.12. The first-order valence-electron chi connectivity index (χ1n) is 5.28. The first-order valence-corrected chi connectivity index (χ1v) is 7.58. The van der Waals surface area contributed by atoms with E-state index < -0.39 is 10.0 Å². The molecule has 2 N–H and O–H groups in total. The van der Waals surface area contributed by atoms with Crippen LogP contribution in [0.1, 0.15) is 11.4 Å². The molecule has 0 bridgehead atoms. The Balaban J connectivity index is 2.36. The number of imidazole rings is 1. The Kier molecular flexibility index (Phi) is 3.87. The van der Waals surface area contributed by atoms with Gasteiger partial charge in [-0.3, -0.25) is 0 Å². The van der Waals surface area contributed by atoms with Gasteiger partial charge in [0.05, 0.1) is 6.54 Å². The minimum atomic E-state index is -3.80. The van der Waals surface area contributed by atoms with Gasteiger partial charge in [-0.1, -0.05) is 29.3 Å². The molecule has 2 rings (SSSR count). The Hall–Kier alpha value is -1.08. The van der Waals surface area contributed by atoms with E-state index in [0.29, 0.717) is 22.4 Å². The number of benzene rings is 1. The lowest BCUT2D eigenvalue weighted by molar-refractivity contribution is 0.594. The molecular formula is C11H11Cl2N3O2S. The van der Waals surface area contributed by atoms with Crippen LogP contribution in [0, 0.1) is 6.92 Å². The van der Waals surface area contributed by atoms with Gasteiger partial charge in [-0.15, -0.1) is 0 Å². The van der Waals surface area contributed by atoms with Crippen LogP contribution in [0.4, 0.5) is 0 Å². The standard InChI is InChI=1S/C11H11Cl2N3O2S/c1-7-15-11(19(14,17)18)6-16(7)5-8-2-3-9(12)4-10(8)13/h2-4,6H,5H2,1H3,(H2,14,17,18). The summed E-state index contributed by atoms with van der Waals surface area (Å²) < 4.78 is 24.1. The van der Waals surface area contributed by atoms with E-state index in [2.05, 4.69) is 4.98 Å². The van der Waals surface area contributed by atoms with Crippen molar-refractivity contribution in [2.24, 2.45) is 5.14 Å². The summed E-state index contributed by atoms with van der Waals surface area (Å²) in [5.41, 5.74) is 0.813. The van der Waals surface area contributed by atoms with E-state index in [4.69, 9.17) is 28.3 Å². The molecule has 0 saturated carbocycles. The Morgan fingerprint density at radius 1 is 1.37 bits per heavy atom. The fraction of sp³-hybridized carbons (Fsp3) is 0.182. The van der Waals surface area contributed by atoms with Crippen molar-refractivity contribution in [3.8, 4) is 0 Å². The summed E-state index contributed by atoms with van der Waals surface area (Å²) in [5, 5.41) is 5.93. The van der Waals surface area contributed by atoms with Crippen LogP contribution >= 0.6 is 23.2 Å². The largest absolute Gasteiger partial charge is 0.329 e. The average molecular weight is 320 g/mol. The summed E-state index contributed by atoms with van der Waals surface area (Å²) in [6.07, 6.45) is 1.38. The van der Waals surface area contributed by atoms with Crippen LogP contribution in [0.25, 0.3) is 0 Å². The second kappa shape index (κ2) is 5.13. The molecule has 0 fully saturated rings. The topological polar surface area (TPSA) is 78.0 Å². The van der Waals surface area contributed by atoms with Gasteiger partial charge in [-0.05, 0) is 24.6 Å². The van der Waals surface area contributed by atoms with Crippen molar-refractivity contribution in [2.45, 2.75) is 18.5 Å². The fourth-order valence-electron chi connectivity index (χ4n) is 1.61. The van der Waals surface area contributed by atoms with Gasteiger partial charge in [-0.2, -0.15) is 0 Å².